The predicted octanol–water partition coefficient (Wildman–Crippen LogP) is 2.16. The molecule has 0 heterocycles. The third-order valence-electron chi connectivity index (χ3n) is 3.00. The lowest BCUT2D eigenvalue weighted by molar-refractivity contribution is 0.125. The van der Waals surface area contributed by atoms with E-state index in [1.807, 2.05) is 6.07 Å². The van der Waals surface area contributed by atoms with E-state index in [2.05, 4.69) is 36.3 Å². The molecule has 106 valence electrons. The van der Waals surface area contributed by atoms with Crippen molar-refractivity contribution in [3.8, 4) is 0 Å². The molecule has 0 aliphatic heterocycles. The van der Waals surface area contributed by atoms with Crippen molar-refractivity contribution < 1.29 is 13.3 Å². The van der Waals surface area contributed by atoms with E-state index in [4.69, 9.17) is 13.3 Å². The summed E-state index contributed by atoms with van der Waals surface area (Å²) in [6.07, 6.45) is 2.04. The van der Waals surface area contributed by atoms with E-state index in [1.165, 1.54) is 11.1 Å². The summed E-state index contributed by atoms with van der Waals surface area (Å²) < 4.78 is 15.9. The van der Waals surface area contributed by atoms with Gasteiger partial charge in [-0.05, 0) is 25.0 Å². The molecule has 0 unspecified atom stereocenters. The highest BCUT2D eigenvalue weighted by Gasteiger charge is 2.37. The summed E-state index contributed by atoms with van der Waals surface area (Å²) in [5.41, 5.74) is 3.44. The van der Waals surface area contributed by atoms with E-state index in [-0.39, 0.29) is 0 Å². The molecule has 5 nitrogen and oxygen atoms in total. The monoisotopic (exact) mass is 282 g/mol. The Labute approximate surface area is 116 Å². The van der Waals surface area contributed by atoms with E-state index >= 15 is 0 Å². The molecular weight excluding hydrogens is 260 g/mol. The van der Waals surface area contributed by atoms with Gasteiger partial charge in [0, 0.05) is 27.0 Å². The van der Waals surface area contributed by atoms with Crippen LogP contribution in [0.1, 0.15) is 11.1 Å². The largest absolute Gasteiger partial charge is 0.522 e. The molecule has 0 spiro atoms. The van der Waals surface area contributed by atoms with Crippen LogP contribution in [-0.4, -0.2) is 42.6 Å². The quantitative estimate of drug-likeness (QED) is 0.473. The van der Waals surface area contributed by atoms with Crippen molar-refractivity contribution in [3.05, 3.63) is 29.3 Å². The molecule has 19 heavy (non-hydrogen) atoms. The summed E-state index contributed by atoms with van der Waals surface area (Å²) >= 11 is 0. The summed E-state index contributed by atoms with van der Waals surface area (Å²) in [5, 5.41) is 3.19. The summed E-state index contributed by atoms with van der Waals surface area (Å²) in [7, 11) is 2.11. The second kappa shape index (κ2) is 7.39. The number of para-hydroxylation sites is 1. The molecule has 6 heteroatoms. The standard InChI is InChI=1S/C13H22N2O3Si/c1-11-7-6-8-12(2)13(11)15-9-14-10-19(16-3,17-4)18-5/h6-9H,10H2,1-5H3,(H,14,15). The van der Waals surface area contributed by atoms with E-state index in [0.717, 1.165) is 5.69 Å². The Morgan fingerprint density at radius 1 is 1.11 bits per heavy atom. The van der Waals surface area contributed by atoms with Crippen molar-refractivity contribution in [2.24, 2.45) is 4.99 Å². The highest BCUT2D eigenvalue weighted by atomic mass is 28.4. The van der Waals surface area contributed by atoms with Gasteiger partial charge in [-0.2, -0.15) is 0 Å². The van der Waals surface area contributed by atoms with Gasteiger partial charge >= 0.3 is 8.80 Å². The molecule has 0 bridgehead atoms. The number of hydrogen-bond acceptors (Lipinski definition) is 4. The van der Waals surface area contributed by atoms with Gasteiger partial charge in [0.1, 0.15) is 6.17 Å². The van der Waals surface area contributed by atoms with Crippen LogP contribution in [0, 0.1) is 13.8 Å². The molecule has 0 aliphatic rings. The third-order valence-corrected chi connectivity index (χ3v) is 5.44. The lowest BCUT2D eigenvalue weighted by atomic mass is 10.1. The van der Waals surface area contributed by atoms with E-state index in [0.29, 0.717) is 6.17 Å². The number of anilines is 1. The lowest BCUT2D eigenvalue weighted by Crippen LogP contribution is -2.46. The first kappa shape index (κ1) is 15.8. The number of aliphatic imine (C=N–C) groups is 1. The van der Waals surface area contributed by atoms with Gasteiger partial charge in [0.25, 0.3) is 0 Å². The minimum absolute atomic E-state index is 0.383. The van der Waals surface area contributed by atoms with E-state index < -0.39 is 8.80 Å². The van der Waals surface area contributed by atoms with Crippen molar-refractivity contribution in [1.29, 1.82) is 0 Å². The van der Waals surface area contributed by atoms with Crippen molar-refractivity contribution in [2.75, 3.05) is 32.8 Å². The minimum Gasteiger partial charge on any atom is -0.376 e. The number of nitrogens with one attached hydrogen (secondary N) is 1. The molecule has 0 saturated heterocycles. The predicted molar refractivity (Wildman–Crippen MR) is 79.7 cm³/mol. The Hall–Kier alpha value is -1.21. The Kier molecular flexibility index (Phi) is 6.17. The number of aryl methyl sites for hydroxylation is 2. The number of nitrogens with zero attached hydrogens (tertiary/aromatic N) is 1. The number of rotatable bonds is 7. The van der Waals surface area contributed by atoms with Gasteiger partial charge < -0.3 is 18.6 Å². The third kappa shape index (κ3) is 4.14. The summed E-state index contributed by atoms with van der Waals surface area (Å²) in [5.74, 6) is 0. The van der Waals surface area contributed by atoms with Crippen LogP contribution in [0.3, 0.4) is 0 Å². The molecule has 1 rings (SSSR count). The lowest BCUT2D eigenvalue weighted by Gasteiger charge is -2.22. The van der Waals surface area contributed by atoms with Crippen molar-refractivity contribution in [2.45, 2.75) is 13.8 Å². The Morgan fingerprint density at radius 2 is 1.63 bits per heavy atom. The number of benzene rings is 1. The molecule has 1 N–H and O–H groups in total. The van der Waals surface area contributed by atoms with Crippen LogP contribution in [0.2, 0.25) is 0 Å². The smallest absolute Gasteiger partial charge is 0.376 e. The molecular formula is C13H22N2O3Si. The summed E-state index contributed by atoms with van der Waals surface area (Å²) in [6.45, 7) is 4.11. The SMILES string of the molecule is CO[Si](C/N=C/Nc1c(C)cccc1C)(OC)OC. The van der Waals surface area contributed by atoms with Crippen molar-refractivity contribution >= 4 is 20.8 Å². The summed E-state index contributed by atoms with van der Waals surface area (Å²) in [6, 6.07) is 6.15. The van der Waals surface area contributed by atoms with Gasteiger partial charge in [0.15, 0.2) is 0 Å². The molecule has 0 fully saturated rings. The van der Waals surface area contributed by atoms with E-state index in [1.54, 1.807) is 27.7 Å². The Morgan fingerprint density at radius 3 is 2.11 bits per heavy atom. The summed E-state index contributed by atoms with van der Waals surface area (Å²) in [4.78, 5) is 4.28. The van der Waals surface area contributed by atoms with Gasteiger partial charge in [0.05, 0.1) is 6.34 Å². The van der Waals surface area contributed by atoms with Crippen LogP contribution < -0.4 is 5.32 Å². The normalized spacial score (nSPS) is 12.1. The fraction of sp³-hybridized carbons (Fsp3) is 0.462. The van der Waals surface area contributed by atoms with Crippen LogP contribution in [0.5, 0.6) is 0 Å². The zero-order valence-electron chi connectivity index (χ0n) is 12.2. The first-order valence-corrected chi connectivity index (χ1v) is 7.98. The molecule has 0 radical (unpaired) electrons. The van der Waals surface area contributed by atoms with Gasteiger partial charge in [-0.1, -0.05) is 18.2 Å². The van der Waals surface area contributed by atoms with Crippen molar-refractivity contribution in [1.82, 2.24) is 0 Å². The maximum absolute atomic E-state index is 5.29. The van der Waals surface area contributed by atoms with Gasteiger partial charge in [-0.25, -0.2) is 0 Å². The van der Waals surface area contributed by atoms with Gasteiger partial charge in [-0.3, -0.25) is 4.99 Å². The highest BCUT2D eigenvalue weighted by molar-refractivity contribution is 6.60. The molecule has 0 saturated carbocycles. The average Bonchev–Trinajstić information content (AvgIpc) is 2.42. The van der Waals surface area contributed by atoms with Crippen LogP contribution in [0.4, 0.5) is 5.69 Å². The Balaban J connectivity index is 2.64. The zero-order valence-corrected chi connectivity index (χ0v) is 13.2. The number of hydrogen-bond donors (Lipinski definition) is 1. The maximum Gasteiger partial charge on any atom is 0.522 e. The van der Waals surface area contributed by atoms with E-state index in [9.17, 15) is 0 Å². The second-order valence-corrected chi connectivity index (χ2v) is 7.08. The molecule has 1 aromatic rings. The van der Waals surface area contributed by atoms with Gasteiger partial charge in [0.2, 0.25) is 0 Å². The fourth-order valence-electron chi connectivity index (χ4n) is 1.75. The molecule has 0 amide bonds. The highest BCUT2D eigenvalue weighted by Crippen LogP contribution is 2.18. The topological polar surface area (TPSA) is 52.1 Å². The fourth-order valence-corrected chi connectivity index (χ4v) is 2.96. The van der Waals surface area contributed by atoms with Crippen LogP contribution in [0.25, 0.3) is 0 Å². The Bertz CT molecular complexity index is 405. The molecule has 0 atom stereocenters. The van der Waals surface area contributed by atoms with Crippen LogP contribution in [0.15, 0.2) is 23.2 Å². The first-order valence-electron chi connectivity index (χ1n) is 6.05. The maximum atomic E-state index is 5.29. The van der Waals surface area contributed by atoms with Crippen LogP contribution >= 0.6 is 0 Å². The molecule has 0 aromatic heterocycles. The first-order chi connectivity index (χ1) is 9.08. The molecule has 1 aromatic carbocycles. The average molecular weight is 282 g/mol. The zero-order chi connectivity index (χ0) is 14.3. The van der Waals surface area contributed by atoms with Gasteiger partial charge in [-0.15, -0.1) is 0 Å². The minimum atomic E-state index is -2.62. The molecule has 0 aliphatic carbocycles. The van der Waals surface area contributed by atoms with Crippen molar-refractivity contribution in [3.63, 3.8) is 0 Å². The van der Waals surface area contributed by atoms with Crippen LogP contribution in [-0.2, 0) is 13.3 Å². The second-order valence-electron chi connectivity index (χ2n) is 4.18.